The maximum atomic E-state index is 11.6. The van der Waals surface area contributed by atoms with Crippen LogP contribution in [-0.4, -0.2) is 50.4 Å². The molecule has 0 saturated heterocycles. The summed E-state index contributed by atoms with van der Waals surface area (Å²) < 4.78 is 1.47. The monoisotopic (exact) mass is 212 g/mol. The number of amides is 1. The first kappa shape index (κ1) is 11.6. The summed E-state index contributed by atoms with van der Waals surface area (Å²) in [5, 5.41) is 12.9. The highest BCUT2D eigenvalue weighted by Gasteiger charge is 2.10. The first-order chi connectivity index (χ1) is 7.09. The number of hydrogen-bond acceptors (Lipinski definition) is 4. The van der Waals surface area contributed by atoms with E-state index in [1.54, 1.807) is 18.9 Å². The molecule has 0 radical (unpaired) electrons. The number of hydrogen-bond donors (Lipinski definition) is 1. The Balaban J connectivity index is 2.33. The van der Waals surface area contributed by atoms with Crippen LogP contribution in [0.15, 0.2) is 12.7 Å². The van der Waals surface area contributed by atoms with Crippen molar-refractivity contribution in [1.82, 2.24) is 19.7 Å². The molecule has 6 heteroatoms. The van der Waals surface area contributed by atoms with E-state index in [0.29, 0.717) is 13.0 Å². The average molecular weight is 212 g/mol. The van der Waals surface area contributed by atoms with E-state index in [0.717, 1.165) is 0 Å². The van der Waals surface area contributed by atoms with Gasteiger partial charge in [0.1, 0.15) is 19.2 Å². The molecule has 0 bridgehead atoms. The number of aromatic nitrogens is 3. The largest absolute Gasteiger partial charge is 0.393 e. The third-order valence-corrected chi connectivity index (χ3v) is 2.07. The second-order valence-corrected chi connectivity index (χ2v) is 3.55. The van der Waals surface area contributed by atoms with Gasteiger partial charge in [0, 0.05) is 13.6 Å². The molecule has 0 aliphatic carbocycles. The zero-order chi connectivity index (χ0) is 11.3. The summed E-state index contributed by atoms with van der Waals surface area (Å²) in [7, 11) is 1.71. The molecule has 1 aromatic heterocycles. The van der Waals surface area contributed by atoms with Crippen molar-refractivity contribution in [3.63, 3.8) is 0 Å². The number of likely N-dealkylation sites (N-methyl/N-ethyl adjacent to an activating group) is 1. The number of carbonyl (C=O) groups excluding carboxylic acids is 1. The smallest absolute Gasteiger partial charge is 0.244 e. The van der Waals surface area contributed by atoms with Crippen LogP contribution in [0.2, 0.25) is 0 Å². The Hall–Kier alpha value is -1.43. The van der Waals surface area contributed by atoms with E-state index in [1.165, 1.54) is 17.3 Å². The number of aliphatic hydroxyl groups excluding tert-OH is 1. The SMILES string of the molecule is CC(O)CCN(C)C(=O)Cn1cncn1. The summed E-state index contributed by atoms with van der Waals surface area (Å²) in [6.45, 7) is 2.44. The van der Waals surface area contributed by atoms with Crippen LogP contribution in [0.5, 0.6) is 0 Å². The third kappa shape index (κ3) is 4.07. The van der Waals surface area contributed by atoms with E-state index in [4.69, 9.17) is 5.11 Å². The Labute approximate surface area is 88.5 Å². The van der Waals surface area contributed by atoms with Crippen LogP contribution in [0.25, 0.3) is 0 Å². The van der Waals surface area contributed by atoms with Crippen molar-refractivity contribution in [2.24, 2.45) is 0 Å². The molecule has 0 saturated carbocycles. The normalized spacial score (nSPS) is 12.5. The summed E-state index contributed by atoms with van der Waals surface area (Å²) in [4.78, 5) is 16.9. The zero-order valence-electron chi connectivity index (χ0n) is 9.00. The molecule has 84 valence electrons. The summed E-state index contributed by atoms with van der Waals surface area (Å²) in [6, 6.07) is 0. The second-order valence-electron chi connectivity index (χ2n) is 3.55. The van der Waals surface area contributed by atoms with Crippen molar-refractivity contribution in [1.29, 1.82) is 0 Å². The van der Waals surface area contributed by atoms with Gasteiger partial charge in [0.2, 0.25) is 5.91 Å². The number of carbonyl (C=O) groups is 1. The Kier molecular flexibility index (Phi) is 4.23. The zero-order valence-corrected chi connectivity index (χ0v) is 9.00. The predicted molar refractivity (Wildman–Crippen MR) is 54.0 cm³/mol. The van der Waals surface area contributed by atoms with E-state index in [9.17, 15) is 4.79 Å². The van der Waals surface area contributed by atoms with Gasteiger partial charge in [0.15, 0.2) is 0 Å². The molecular weight excluding hydrogens is 196 g/mol. The van der Waals surface area contributed by atoms with Gasteiger partial charge in [-0.05, 0) is 13.3 Å². The van der Waals surface area contributed by atoms with Crippen molar-refractivity contribution in [3.8, 4) is 0 Å². The molecule has 0 spiro atoms. The van der Waals surface area contributed by atoms with Crippen LogP contribution in [0.1, 0.15) is 13.3 Å². The summed E-state index contributed by atoms with van der Waals surface area (Å²) >= 11 is 0. The van der Waals surface area contributed by atoms with Gasteiger partial charge < -0.3 is 10.0 Å². The molecule has 15 heavy (non-hydrogen) atoms. The quantitative estimate of drug-likeness (QED) is 0.714. The van der Waals surface area contributed by atoms with E-state index in [2.05, 4.69) is 10.1 Å². The molecule has 6 nitrogen and oxygen atoms in total. The molecule has 0 fully saturated rings. The maximum Gasteiger partial charge on any atom is 0.244 e. The van der Waals surface area contributed by atoms with Gasteiger partial charge in [-0.15, -0.1) is 0 Å². The molecule has 0 aromatic carbocycles. The summed E-state index contributed by atoms with van der Waals surface area (Å²) in [5.74, 6) is -0.0406. The lowest BCUT2D eigenvalue weighted by Crippen LogP contribution is -2.32. The minimum absolute atomic E-state index is 0.0406. The molecule has 0 aliphatic rings. The lowest BCUT2D eigenvalue weighted by Gasteiger charge is -2.17. The third-order valence-electron chi connectivity index (χ3n) is 2.07. The topological polar surface area (TPSA) is 71.2 Å². The number of aliphatic hydroxyl groups is 1. The van der Waals surface area contributed by atoms with Gasteiger partial charge in [-0.2, -0.15) is 5.10 Å². The van der Waals surface area contributed by atoms with Crippen LogP contribution in [-0.2, 0) is 11.3 Å². The van der Waals surface area contributed by atoms with Crippen LogP contribution < -0.4 is 0 Å². The summed E-state index contributed by atoms with van der Waals surface area (Å²) in [6.07, 6.45) is 3.09. The second kappa shape index (κ2) is 5.45. The van der Waals surface area contributed by atoms with Gasteiger partial charge in [-0.1, -0.05) is 0 Å². The first-order valence-corrected chi connectivity index (χ1v) is 4.84. The molecule has 1 unspecified atom stereocenters. The Morgan fingerprint density at radius 2 is 2.40 bits per heavy atom. The van der Waals surface area contributed by atoms with E-state index in [1.807, 2.05) is 0 Å². The predicted octanol–water partition coefficient (Wildman–Crippen LogP) is -0.493. The van der Waals surface area contributed by atoms with Crippen LogP contribution in [0.3, 0.4) is 0 Å². The molecule has 1 amide bonds. The fraction of sp³-hybridized carbons (Fsp3) is 0.667. The van der Waals surface area contributed by atoms with Crippen molar-refractivity contribution >= 4 is 5.91 Å². The molecule has 0 aliphatic heterocycles. The van der Waals surface area contributed by atoms with Gasteiger partial charge in [-0.3, -0.25) is 4.79 Å². The molecule has 1 atom stereocenters. The highest BCUT2D eigenvalue weighted by atomic mass is 16.3. The van der Waals surface area contributed by atoms with Gasteiger partial charge >= 0.3 is 0 Å². The Bertz CT molecular complexity index is 297. The van der Waals surface area contributed by atoms with Crippen LogP contribution in [0.4, 0.5) is 0 Å². The fourth-order valence-electron chi connectivity index (χ4n) is 1.08. The minimum atomic E-state index is -0.383. The van der Waals surface area contributed by atoms with E-state index in [-0.39, 0.29) is 18.6 Å². The lowest BCUT2D eigenvalue weighted by molar-refractivity contribution is -0.130. The van der Waals surface area contributed by atoms with Crippen molar-refractivity contribution in [2.75, 3.05) is 13.6 Å². The van der Waals surface area contributed by atoms with E-state index >= 15 is 0 Å². The highest BCUT2D eigenvalue weighted by Crippen LogP contribution is 1.95. The molecule has 1 N–H and O–H groups in total. The van der Waals surface area contributed by atoms with Crippen molar-refractivity contribution < 1.29 is 9.90 Å². The summed E-state index contributed by atoms with van der Waals surface area (Å²) in [5.41, 5.74) is 0. The van der Waals surface area contributed by atoms with Crippen LogP contribution >= 0.6 is 0 Å². The average Bonchev–Trinajstić information content (AvgIpc) is 2.66. The Morgan fingerprint density at radius 3 is 2.93 bits per heavy atom. The minimum Gasteiger partial charge on any atom is -0.393 e. The molecule has 1 rings (SSSR count). The molecular formula is C9H16N4O2. The standard InChI is InChI=1S/C9H16N4O2/c1-8(14)3-4-12(2)9(15)5-13-7-10-6-11-13/h6-8,14H,3-5H2,1-2H3. The molecule has 1 aromatic rings. The van der Waals surface area contributed by atoms with E-state index < -0.39 is 0 Å². The van der Waals surface area contributed by atoms with Crippen molar-refractivity contribution in [2.45, 2.75) is 26.0 Å². The van der Waals surface area contributed by atoms with Gasteiger partial charge in [-0.25, -0.2) is 9.67 Å². The van der Waals surface area contributed by atoms with Gasteiger partial charge in [0.25, 0.3) is 0 Å². The maximum absolute atomic E-state index is 11.6. The number of nitrogens with zero attached hydrogens (tertiary/aromatic N) is 4. The first-order valence-electron chi connectivity index (χ1n) is 4.84. The Morgan fingerprint density at radius 1 is 1.67 bits per heavy atom. The van der Waals surface area contributed by atoms with Gasteiger partial charge in [0.05, 0.1) is 6.10 Å². The lowest BCUT2D eigenvalue weighted by atomic mass is 10.3. The van der Waals surface area contributed by atoms with Crippen LogP contribution in [0, 0.1) is 0 Å². The highest BCUT2D eigenvalue weighted by molar-refractivity contribution is 5.75. The fourth-order valence-corrected chi connectivity index (χ4v) is 1.08. The van der Waals surface area contributed by atoms with Crippen molar-refractivity contribution in [3.05, 3.63) is 12.7 Å². The number of rotatable bonds is 5. The molecule has 1 heterocycles.